The van der Waals surface area contributed by atoms with Gasteiger partial charge in [-0.3, -0.25) is 0 Å². The van der Waals surface area contributed by atoms with E-state index in [0.29, 0.717) is 5.92 Å². The zero-order valence-corrected chi connectivity index (χ0v) is 11.2. The van der Waals surface area contributed by atoms with E-state index in [0.717, 1.165) is 6.54 Å². The van der Waals surface area contributed by atoms with Gasteiger partial charge in [0.25, 0.3) is 0 Å². The lowest BCUT2D eigenvalue weighted by Crippen LogP contribution is -2.13. The van der Waals surface area contributed by atoms with Crippen molar-refractivity contribution in [2.24, 2.45) is 5.92 Å². The van der Waals surface area contributed by atoms with Crippen molar-refractivity contribution in [3.8, 4) is 0 Å². The fraction of sp³-hybridized carbons (Fsp3) is 0.455. The molecular formula is C11H16BrNS. The zero-order valence-electron chi connectivity index (χ0n) is 8.80. The zero-order chi connectivity index (χ0) is 10.6. The number of hydrogen-bond acceptors (Lipinski definition) is 2. The summed E-state index contributed by atoms with van der Waals surface area (Å²) in [5, 5.41) is 5.31. The van der Waals surface area contributed by atoms with Crippen LogP contribution in [0.1, 0.15) is 18.7 Å². The van der Waals surface area contributed by atoms with Crippen LogP contribution in [0.5, 0.6) is 0 Å². The van der Waals surface area contributed by atoms with Crippen molar-refractivity contribution in [1.29, 1.82) is 0 Å². The summed E-state index contributed by atoms with van der Waals surface area (Å²) in [6.45, 7) is 5.41. The van der Waals surface area contributed by atoms with Crippen LogP contribution in [0.3, 0.4) is 0 Å². The molecule has 0 saturated carbocycles. The lowest BCUT2D eigenvalue weighted by molar-refractivity contribution is 0.713. The second-order valence-electron chi connectivity index (χ2n) is 3.54. The molecule has 1 nitrogen and oxygen atoms in total. The van der Waals surface area contributed by atoms with Crippen molar-refractivity contribution in [1.82, 2.24) is 5.32 Å². The molecule has 1 aromatic rings. The van der Waals surface area contributed by atoms with E-state index in [2.05, 4.69) is 52.6 Å². The Kier molecular flexibility index (Phi) is 4.85. The van der Waals surface area contributed by atoms with Crippen LogP contribution in [-0.4, -0.2) is 13.6 Å². The summed E-state index contributed by atoms with van der Waals surface area (Å²) in [4.78, 5) is 1.31. The first kappa shape index (κ1) is 12.0. The molecule has 0 aliphatic carbocycles. The molecule has 0 aliphatic rings. The molecule has 0 spiro atoms. The van der Waals surface area contributed by atoms with Gasteiger partial charge in [-0.05, 0) is 46.4 Å². The normalized spacial score (nSPS) is 12.5. The summed E-state index contributed by atoms with van der Waals surface area (Å²) >= 11 is 5.31. The van der Waals surface area contributed by atoms with Gasteiger partial charge in [-0.25, -0.2) is 0 Å². The first-order chi connectivity index (χ1) is 6.65. The van der Waals surface area contributed by atoms with Crippen molar-refractivity contribution >= 4 is 33.3 Å². The van der Waals surface area contributed by atoms with Crippen LogP contribution in [0.25, 0.3) is 6.08 Å². The van der Waals surface area contributed by atoms with E-state index < -0.39 is 0 Å². The maximum Gasteiger partial charge on any atom is 0.0412 e. The van der Waals surface area contributed by atoms with E-state index in [9.17, 15) is 0 Å². The van der Waals surface area contributed by atoms with E-state index in [1.54, 1.807) is 11.3 Å². The molecule has 0 aliphatic heterocycles. The monoisotopic (exact) mass is 273 g/mol. The molecule has 0 aromatic carbocycles. The predicted molar refractivity (Wildman–Crippen MR) is 68.8 cm³/mol. The van der Waals surface area contributed by atoms with Gasteiger partial charge in [0.2, 0.25) is 0 Å². The standard InChI is InChI=1S/C11H16BrNS/c1-8(2)9(7-13-3)6-11-10(12)4-5-14-11/h4-6,8,13H,7H2,1-3H3/b9-6-. The van der Waals surface area contributed by atoms with Crippen molar-refractivity contribution in [2.75, 3.05) is 13.6 Å². The van der Waals surface area contributed by atoms with Crippen LogP contribution in [0.4, 0.5) is 0 Å². The summed E-state index contributed by atoms with van der Waals surface area (Å²) in [5.74, 6) is 0.594. The Morgan fingerprint density at radius 1 is 1.64 bits per heavy atom. The largest absolute Gasteiger partial charge is 0.316 e. The summed E-state index contributed by atoms with van der Waals surface area (Å²) in [5.41, 5.74) is 1.44. The fourth-order valence-electron chi connectivity index (χ4n) is 1.20. The van der Waals surface area contributed by atoms with Crippen LogP contribution >= 0.6 is 27.3 Å². The smallest absolute Gasteiger partial charge is 0.0412 e. The highest BCUT2D eigenvalue weighted by Gasteiger charge is 2.04. The molecule has 0 radical (unpaired) electrons. The third kappa shape index (κ3) is 3.23. The minimum atomic E-state index is 0.594. The summed E-state index contributed by atoms with van der Waals surface area (Å²) in [7, 11) is 1.99. The average Bonchev–Trinajstić information content (AvgIpc) is 2.51. The Morgan fingerprint density at radius 2 is 2.36 bits per heavy atom. The van der Waals surface area contributed by atoms with Crippen molar-refractivity contribution in [2.45, 2.75) is 13.8 Å². The number of halogens is 1. The van der Waals surface area contributed by atoms with E-state index in [1.807, 2.05) is 7.05 Å². The molecule has 1 aromatic heterocycles. The first-order valence-electron chi connectivity index (χ1n) is 4.73. The maximum atomic E-state index is 3.54. The Bertz CT molecular complexity index is 315. The van der Waals surface area contributed by atoms with Gasteiger partial charge < -0.3 is 5.32 Å². The second kappa shape index (κ2) is 5.69. The molecule has 0 bridgehead atoms. The number of hydrogen-bond donors (Lipinski definition) is 1. The summed E-state index contributed by atoms with van der Waals surface area (Å²) < 4.78 is 1.19. The molecule has 0 saturated heterocycles. The SMILES string of the molecule is CNC/C(=C/c1sccc1Br)C(C)C. The predicted octanol–water partition coefficient (Wildman–Crippen LogP) is 3.77. The highest BCUT2D eigenvalue weighted by molar-refractivity contribution is 9.10. The molecule has 14 heavy (non-hydrogen) atoms. The van der Waals surface area contributed by atoms with Gasteiger partial charge in [0.05, 0.1) is 0 Å². The highest BCUT2D eigenvalue weighted by atomic mass is 79.9. The molecule has 78 valence electrons. The first-order valence-corrected chi connectivity index (χ1v) is 6.40. The van der Waals surface area contributed by atoms with Crippen molar-refractivity contribution in [3.63, 3.8) is 0 Å². The van der Waals surface area contributed by atoms with Gasteiger partial charge in [0.15, 0.2) is 0 Å². The highest BCUT2D eigenvalue weighted by Crippen LogP contribution is 2.26. The Labute approximate surface area is 98.4 Å². The number of likely N-dealkylation sites (N-methyl/N-ethyl adjacent to an activating group) is 1. The topological polar surface area (TPSA) is 12.0 Å². The van der Waals surface area contributed by atoms with E-state index in [-0.39, 0.29) is 0 Å². The van der Waals surface area contributed by atoms with Gasteiger partial charge in [0.1, 0.15) is 0 Å². The van der Waals surface area contributed by atoms with Gasteiger partial charge >= 0.3 is 0 Å². The van der Waals surface area contributed by atoms with Gasteiger partial charge in [0, 0.05) is 15.9 Å². The van der Waals surface area contributed by atoms with Crippen molar-refractivity contribution in [3.05, 3.63) is 26.4 Å². The fourth-order valence-corrected chi connectivity index (χ4v) is 2.66. The molecule has 3 heteroatoms. The molecule has 1 heterocycles. The molecular weight excluding hydrogens is 258 g/mol. The molecule has 1 rings (SSSR count). The van der Waals surface area contributed by atoms with Crippen LogP contribution in [0.2, 0.25) is 0 Å². The molecule has 0 fully saturated rings. The summed E-state index contributed by atoms with van der Waals surface area (Å²) in [6.07, 6.45) is 2.27. The Hall–Kier alpha value is -0.120. The van der Waals surface area contributed by atoms with Crippen molar-refractivity contribution < 1.29 is 0 Å². The van der Waals surface area contributed by atoms with Crippen LogP contribution in [0, 0.1) is 5.92 Å². The third-order valence-electron chi connectivity index (χ3n) is 2.08. The molecule has 1 N–H and O–H groups in total. The van der Waals surface area contributed by atoms with Crippen LogP contribution < -0.4 is 5.32 Å². The summed E-state index contributed by atoms with van der Waals surface area (Å²) in [6, 6.07) is 2.09. The van der Waals surface area contributed by atoms with E-state index in [1.165, 1.54) is 14.9 Å². The minimum absolute atomic E-state index is 0.594. The molecule has 0 amide bonds. The second-order valence-corrected chi connectivity index (χ2v) is 5.34. The van der Waals surface area contributed by atoms with E-state index in [4.69, 9.17) is 0 Å². The Morgan fingerprint density at radius 3 is 2.79 bits per heavy atom. The molecule has 0 atom stereocenters. The van der Waals surface area contributed by atoms with Gasteiger partial charge in [-0.2, -0.15) is 0 Å². The third-order valence-corrected chi connectivity index (χ3v) is 3.90. The average molecular weight is 274 g/mol. The number of rotatable bonds is 4. The molecule has 0 unspecified atom stereocenters. The van der Waals surface area contributed by atoms with Crippen LogP contribution in [-0.2, 0) is 0 Å². The van der Waals surface area contributed by atoms with Crippen LogP contribution in [0.15, 0.2) is 21.5 Å². The lowest BCUT2D eigenvalue weighted by atomic mass is 10.0. The number of thiophene rings is 1. The lowest BCUT2D eigenvalue weighted by Gasteiger charge is -2.10. The maximum absolute atomic E-state index is 3.54. The Balaban J connectivity index is 2.87. The minimum Gasteiger partial charge on any atom is -0.316 e. The van der Waals surface area contributed by atoms with Gasteiger partial charge in [-0.1, -0.05) is 19.4 Å². The van der Waals surface area contributed by atoms with Gasteiger partial charge in [-0.15, -0.1) is 11.3 Å². The van der Waals surface area contributed by atoms with E-state index >= 15 is 0 Å². The quantitative estimate of drug-likeness (QED) is 0.881. The number of nitrogens with one attached hydrogen (secondary N) is 1.